The summed E-state index contributed by atoms with van der Waals surface area (Å²) in [5, 5.41) is 22.4. The molecule has 0 radical (unpaired) electrons. The lowest BCUT2D eigenvalue weighted by Crippen LogP contribution is -1.88. The molecule has 2 aromatic heterocycles. The number of halogens is 1. The Labute approximate surface area is 72.6 Å². The summed E-state index contributed by atoms with van der Waals surface area (Å²) >= 11 is 5.73. The van der Waals surface area contributed by atoms with Crippen molar-refractivity contribution in [2.75, 3.05) is 0 Å². The Kier molecular flexibility index (Phi) is 1.38. The van der Waals surface area contributed by atoms with Crippen LogP contribution in [0.25, 0.3) is 5.52 Å². The highest BCUT2D eigenvalue weighted by atomic mass is 35.5. The number of fused-ring (bicyclic) bond motifs is 1. The molecule has 5 heteroatoms. The zero-order valence-corrected chi connectivity index (χ0v) is 6.65. The van der Waals surface area contributed by atoms with Crippen LogP contribution in [0.15, 0.2) is 18.3 Å². The van der Waals surface area contributed by atoms with E-state index < -0.39 is 0 Å². The first-order valence-electron chi connectivity index (χ1n) is 3.24. The van der Waals surface area contributed by atoms with E-state index >= 15 is 0 Å². The molecule has 2 rings (SSSR count). The molecule has 2 aromatic rings. The monoisotopic (exact) mass is 184 g/mol. The van der Waals surface area contributed by atoms with E-state index in [1.165, 1.54) is 4.52 Å². The van der Waals surface area contributed by atoms with Crippen LogP contribution in [0.3, 0.4) is 0 Å². The Hall–Kier alpha value is -1.42. The van der Waals surface area contributed by atoms with Crippen molar-refractivity contribution in [1.29, 1.82) is 0 Å². The second kappa shape index (κ2) is 2.28. The van der Waals surface area contributed by atoms with Crippen LogP contribution in [0.4, 0.5) is 0 Å². The molecule has 0 aliphatic carbocycles. The van der Waals surface area contributed by atoms with Crippen LogP contribution in [-0.2, 0) is 0 Å². The van der Waals surface area contributed by atoms with Gasteiger partial charge in [-0.05, 0) is 6.07 Å². The zero-order valence-electron chi connectivity index (χ0n) is 5.90. The molecule has 0 atom stereocenters. The van der Waals surface area contributed by atoms with Gasteiger partial charge in [-0.15, -0.1) is 5.10 Å². The van der Waals surface area contributed by atoms with Gasteiger partial charge in [-0.1, -0.05) is 11.6 Å². The third-order valence-corrected chi connectivity index (χ3v) is 1.84. The summed E-state index contributed by atoms with van der Waals surface area (Å²) < 4.78 is 1.31. The molecule has 0 saturated carbocycles. The van der Waals surface area contributed by atoms with E-state index in [2.05, 4.69) is 5.10 Å². The van der Waals surface area contributed by atoms with E-state index in [0.717, 1.165) is 6.07 Å². The van der Waals surface area contributed by atoms with E-state index in [4.69, 9.17) is 16.7 Å². The van der Waals surface area contributed by atoms with E-state index in [9.17, 15) is 5.11 Å². The van der Waals surface area contributed by atoms with Crippen molar-refractivity contribution in [3.05, 3.63) is 23.4 Å². The van der Waals surface area contributed by atoms with Crippen LogP contribution in [0, 0.1) is 0 Å². The molecule has 0 aliphatic rings. The highest BCUT2D eigenvalue weighted by Gasteiger charge is 2.07. The minimum atomic E-state index is -0.243. The van der Waals surface area contributed by atoms with Gasteiger partial charge >= 0.3 is 0 Å². The fraction of sp³-hybridized carbons (Fsp3) is 0. The van der Waals surface area contributed by atoms with Gasteiger partial charge in [0.05, 0.1) is 5.02 Å². The Morgan fingerprint density at radius 3 is 2.92 bits per heavy atom. The standard InChI is InChI=1S/C7H5ClN2O2/c8-4-1-2-10-7(4)5(11)3-6(12)9-10/h1-3,11H,(H,9,12). The molecule has 0 amide bonds. The maximum absolute atomic E-state index is 9.32. The molecular formula is C7H5ClN2O2. The third kappa shape index (κ3) is 0.887. The summed E-state index contributed by atoms with van der Waals surface area (Å²) in [7, 11) is 0. The smallest absolute Gasteiger partial charge is 0.232 e. The first-order chi connectivity index (χ1) is 5.68. The molecule has 0 aliphatic heterocycles. The molecule has 0 aromatic carbocycles. The minimum absolute atomic E-state index is 0.0856. The molecule has 0 bridgehead atoms. The molecule has 2 N–H and O–H groups in total. The topological polar surface area (TPSA) is 57.8 Å². The molecule has 12 heavy (non-hydrogen) atoms. The number of aromatic nitrogens is 2. The van der Waals surface area contributed by atoms with E-state index in [-0.39, 0.29) is 11.6 Å². The lowest BCUT2D eigenvalue weighted by Gasteiger charge is -1.98. The third-order valence-electron chi connectivity index (χ3n) is 1.54. The van der Waals surface area contributed by atoms with Gasteiger partial charge in [-0.2, -0.15) is 0 Å². The first-order valence-corrected chi connectivity index (χ1v) is 3.62. The van der Waals surface area contributed by atoms with Crippen molar-refractivity contribution in [3.63, 3.8) is 0 Å². The van der Waals surface area contributed by atoms with Crippen molar-refractivity contribution in [2.24, 2.45) is 0 Å². The van der Waals surface area contributed by atoms with E-state index in [0.29, 0.717) is 10.5 Å². The second-order valence-corrected chi connectivity index (χ2v) is 2.75. The Morgan fingerprint density at radius 2 is 2.17 bits per heavy atom. The maximum atomic E-state index is 9.32. The van der Waals surface area contributed by atoms with Crippen LogP contribution >= 0.6 is 11.6 Å². The molecule has 0 fully saturated rings. The number of hydrogen-bond donors (Lipinski definition) is 2. The van der Waals surface area contributed by atoms with Crippen molar-refractivity contribution < 1.29 is 10.2 Å². The van der Waals surface area contributed by atoms with Gasteiger partial charge in [-0.25, -0.2) is 4.52 Å². The highest BCUT2D eigenvalue weighted by molar-refractivity contribution is 6.34. The highest BCUT2D eigenvalue weighted by Crippen LogP contribution is 2.28. The number of nitrogens with zero attached hydrogens (tertiary/aromatic N) is 2. The quantitative estimate of drug-likeness (QED) is 0.651. The van der Waals surface area contributed by atoms with Crippen molar-refractivity contribution in [3.8, 4) is 11.6 Å². The van der Waals surface area contributed by atoms with Gasteiger partial charge in [0.15, 0.2) is 0 Å². The van der Waals surface area contributed by atoms with Crippen molar-refractivity contribution >= 4 is 17.1 Å². The number of aromatic hydroxyl groups is 2. The van der Waals surface area contributed by atoms with Gasteiger partial charge in [0.1, 0.15) is 11.3 Å². The van der Waals surface area contributed by atoms with Gasteiger partial charge in [-0.3, -0.25) is 0 Å². The first kappa shape index (κ1) is 7.24. The van der Waals surface area contributed by atoms with Gasteiger partial charge in [0, 0.05) is 12.3 Å². The molecule has 2 heterocycles. The molecule has 0 unspecified atom stereocenters. The normalized spacial score (nSPS) is 10.8. The second-order valence-electron chi connectivity index (χ2n) is 2.34. The maximum Gasteiger partial charge on any atom is 0.232 e. The molecule has 4 nitrogen and oxygen atoms in total. The summed E-state index contributed by atoms with van der Waals surface area (Å²) in [5.41, 5.74) is 0.398. The Bertz CT molecular complexity index is 438. The van der Waals surface area contributed by atoms with Crippen LogP contribution in [0.1, 0.15) is 0 Å². The summed E-state index contributed by atoms with van der Waals surface area (Å²) in [6.45, 7) is 0. The summed E-state index contributed by atoms with van der Waals surface area (Å²) in [5.74, 6) is -0.329. The van der Waals surface area contributed by atoms with E-state index in [1.54, 1.807) is 12.3 Å². The molecule has 0 spiro atoms. The van der Waals surface area contributed by atoms with Crippen molar-refractivity contribution in [2.45, 2.75) is 0 Å². The average molecular weight is 185 g/mol. The SMILES string of the molecule is Oc1cc(O)c2c(Cl)ccn2n1. The minimum Gasteiger partial charge on any atom is -0.505 e. The van der Waals surface area contributed by atoms with E-state index in [1.807, 2.05) is 0 Å². The fourth-order valence-electron chi connectivity index (χ4n) is 1.05. The van der Waals surface area contributed by atoms with Gasteiger partial charge < -0.3 is 10.2 Å². The average Bonchev–Trinajstić information content (AvgIpc) is 2.31. The lowest BCUT2D eigenvalue weighted by molar-refractivity contribution is 0.425. The van der Waals surface area contributed by atoms with Gasteiger partial charge in [0.25, 0.3) is 0 Å². The summed E-state index contributed by atoms with van der Waals surface area (Å²) in [4.78, 5) is 0. The van der Waals surface area contributed by atoms with Crippen LogP contribution < -0.4 is 0 Å². The largest absolute Gasteiger partial charge is 0.505 e. The Balaban J connectivity index is 2.93. The fourth-order valence-corrected chi connectivity index (χ4v) is 1.29. The number of hydrogen-bond acceptors (Lipinski definition) is 3. The molecule has 0 saturated heterocycles. The number of rotatable bonds is 0. The predicted octanol–water partition coefficient (Wildman–Crippen LogP) is 1.40. The summed E-state index contributed by atoms with van der Waals surface area (Å²) in [6, 6.07) is 2.73. The lowest BCUT2D eigenvalue weighted by atomic mass is 10.4. The van der Waals surface area contributed by atoms with Crippen LogP contribution in [0.5, 0.6) is 11.6 Å². The summed E-state index contributed by atoms with van der Waals surface area (Å²) in [6.07, 6.45) is 1.55. The van der Waals surface area contributed by atoms with Crippen LogP contribution in [-0.4, -0.2) is 19.8 Å². The van der Waals surface area contributed by atoms with Crippen LogP contribution in [0.2, 0.25) is 5.02 Å². The Morgan fingerprint density at radius 1 is 1.42 bits per heavy atom. The molecule has 62 valence electrons. The molecular weight excluding hydrogens is 180 g/mol. The van der Waals surface area contributed by atoms with Gasteiger partial charge in [0.2, 0.25) is 5.88 Å². The zero-order chi connectivity index (χ0) is 8.72. The van der Waals surface area contributed by atoms with Crippen molar-refractivity contribution in [1.82, 2.24) is 9.61 Å². The predicted molar refractivity (Wildman–Crippen MR) is 43.5 cm³/mol.